The molecular weight excluding hydrogens is 266 g/mol. The highest BCUT2D eigenvalue weighted by Crippen LogP contribution is 2.14. The number of morpholine rings is 1. The van der Waals surface area contributed by atoms with Gasteiger partial charge >= 0.3 is 6.09 Å². The zero-order chi connectivity index (χ0) is 13.7. The van der Waals surface area contributed by atoms with E-state index in [2.05, 4.69) is 14.6 Å². The minimum Gasteiger partial charge on any atom is -0.453 e. The van der Waals surface area contributed by atoms with Crippen molar-refractivity contribution in [2.45, 2.75) is 13.1 Å². The summed E-state index contributed by atoms with van der Waals surface area (Å²) in [7, 11) is 3.08. The minimum absolute atomic E-state index is 0.345. The van der Waals surface area contributed by atoms with Crippen molar-refractivity contribution in [3.05, 3.63) is 16.1 Å². The smallest absolute Gasteiger partial charge is 0.409 e. The van der Waals surface area contributed by atoms with Crippen molar-refractivity contribution in [1.82, 2.24) is 14.8 Å². The van der Waals surface area contributed by atoms with Crippen LogP contribution < -0.4 is 0 Å². The van der Waals surface area contributed by atoms with Gasteiger partial charge in [-0.05, 0) is 0 Å². The van der Waals surface area contributed by atoms with Gasteiger partial charge in [0.1, 0.15) is 5.01 Å². The first kappa shape index (κ1) is 14.2. The van der Waals surface area contributed by atoms with Gasteiger partial charge in [-0.2, -0.15) is 0 Å². The molecule has 0 aliphatic carbocycles. The number of nitrogens with zero attached hydrogens (tertiary/aromatic N) is 3. The van der Waals surface area contributed by atoms with Crippen molar-refractivity contribution in [2.75, 3.05) is 40.5 Å². The molecule has 19 heavy (non-hydrogen) atoms. The predicted octanol–water partition coefficient (Wildman–Crippen LogP) is 1.17. The predicted molar refractivity (Wildman–Crippen MR) is 72.1 cm³/mol. The summed E-state index contributed by atoms with van der Waals surface area (Å²) < 4.78 is 9.97. The molecule has 1 aromatic heterocycles. The van der Waals surface area contributed by atoms with E-state index in [-0.39, 0.29) is 6.09 Å². The highest BCUT2D eigenvalue weighted by molar-refractivity contribution is 7.09. The van der Waals surface area contributed by atoms with Gasteiger partial charge in [0.2, 0.25) is 0 Å². The highest BCUT2D eigenvalue weighted by atomic mass is 32.1. The van der Waals surface area contributed by atoms with Gasteiger partial charge in [0, 0.05) is 25.5 Å². The summed E-state index contributed by atoms with van der Waals surface area (Å²) in [6.45, 7) is 4.84. The number of methoxy groups -OCH3 is 1. The van der Waals surface area contributed by atoms with E-state index in [1.807, 2.05) is 5.38 Å². The van der Waals surface area contributed by atoms with Crippen molar-refractivity contribution >= 4 is 17.4 Å². The lowest BCUT2D eigenvalue weighted by molar-refractivity contribution is 0.0341. The fourth-order valence-corrected chi connectivity index (χ4v) is 2.73. The van der Waals surface area contributed by atoms with Crippen LogP contribution in [0, 0.1) is 0 Å². The normalized spacial score (nSPS) is 16.3. The van der Waals surface area contributed by atoms with Crippen LogP contribution in [0.4, 0.5) is 4.79 Å². The van der Waals surface area contributed by atoms with E-state index in [0.717, 1.165) is 43.5 Å². The number of hydrogen-bond acceptors (Lipinski definition) is 6. The van der Waals surface area contributed by atoms with Crippen LogP contribution in [0.3, 0.4) is 0 Å². The number of aromatic nitrogens is 1. The molecule has 1 aliphatic heterocycles. The number of hydrogen-bond donors (Lipinski definition) is 0. The van der Waals surface area contributed by atoms with Gasteiger partial charge in [-0.15, -0.1) is 11.3 Å². The van der Waals surface area contributed by atoms with Crippen LogP contribution in [0.2, 0.25) is 0 Å². The first-order chi connectivity index (χ1) is 9.19. The molecule has 6 nitrogen and oxygen atoms in total. The van der Waals surface area contributed by atoms with Crippen molar-refractivity contribution < 1.29 is 14.3 Å². The number of rotatable bonds is 4. The summed E-state index contributed by atoms with van der Waals surface area (Å²) >= 11 is 1.63. The Kier molecular flexibility index (Phi) is 5.12. The van der Waals surface area contributed by atoms with Crippen LogP contribution >= 0.6 is 11.3 Å². The van der Waals surface area contributed by atoms with Gasteiger partial charge in [-0.3, -0.25) is 4.90 Å². The maximum atomic E-state index is 11.3. The van der Waals surface area contributed by atoms with Crippen molar-refractivity contribution in [1.29, 1.82) is 0 Å². The van der Waals surface area contributed by atoms with Crippen LogP contribution in [0.25, 0.3) is 0 Å². The summed E-state index contributed by atoms with van der Waals surface area (Å²) in [5.41, 5.74) is 0.904. The van der Waals surface area contributed by atoms with Gasteiger partial charge in [0.05, 0.1) is 39.1 Å². The number of amides is 1. The average molecular weight is 285 g/mol. The van der Waals surface area contributed by atoms with Gasteiger partial charge < -0.3 is 14.4 Å². The fourth-order valence-electron chi connectivity index (χ4n) is 1.91. The Morgan fingerprint density at radius 2 is 2.32 bits per heavy atom. The van der Waals surface area contributed by atoms with E-state index in [1.165, 1.54) is 12.0 Å². The Morgan fingerprint density at radius 1 is 1.58 bits per heavy atom. The van der Waals surface area contributed by atoms with E-state index in [4.69, 9.17) is 4.74 Å². The minimum atomic E-state index is -0.345. The molecule has 0 N–H and O–H groups in total. The second-order valence-corrected chi connectivity index (χ2v) is 5.39. The lowest BCUT2D eigenvalue weighted by atomic mass is 10.4. The molecule has 0 spiro atoms. The zero-order valence-corrected chi connectivity index (χ0v) is 12.1. The molecule has 1 amide bonds. The number of carbonyl (C=O) groups is 1. The molecule has 0 unspecified atom stereocenters. The average Bonchev–Trinajstić information content (AvgIpc) is 2.86. The summed E-state index contributed by atoms with van der Waals surface area (Å²) in [5, 5.41) is 3.07. The van der Waals surface area contributed by atoms with E-state index < -0.39 is 0 Å². The van der Waals surface area contributed by atoms with Crippen LogP contribution in [0.1, 0.15) is 10.7 Å². The molecule has 1 aromatic rings. The molecule has 1 fully saturated rings. The van der Waals surface area contributed by atoms with Crippen LogP contribution in [0.5, 0.6) is 0 Å². The van der Waals surface area contributed by atoms with Crippen molar-refractivity contribution in [3.63, 3.8) is 0 Å². The molecule has 1 aliphatic rings. The lowest BCUT2D eigenvalue weighted by Crippen LogP contribution is -2.35. The maximum Gasteiger partial charge on any atom is 0.409 e. The highest BCUT2D eigenvalue weighted by Gasteiger charge is 2.14. The largest absolute Gasteiger partial charge is 0.453 e. The summed E-state index contributed by atoms with van der Waals surface area (Å²) in [4.78, 5) is 19.7. The van der Waals surface area contributed by atoms with E-state index >= 15 is 0 Å². The molecule has 2 rings (SSSR count). The summed E-state index contributed by atoms with van der Waals surface area (Å²) in [5.74, 6) is 0. The second-order valence-electron chi connectivity index (χ2n) is 4.45. The molecule has 2 heterocycles. The molecule has 0 aromatic carbocycles. The number of thiazole rings is 1. The molecular formula is C12H19N3O3S. The first-order valence-electron chi connectivity index (χ1n) is 6.21. The van der Waals surface area contributed by atoms with Gasteiger partial charge in [-0.25, -0.2) is 9.78 Å². The third-order valence-corrected chi connectivity index (χ3v) is 3.83. The standard InChI is InChI=1S/C12H19N3O3S/c1-14(12(16)17-2)7-10-9-19-11(13-10)8-15-3-5-18-6-4-15/h9H,3-8H2,1-2H3. The number of carbonyl (C=O) groups excluding carboxylic acids is 1. The Morgan fingerprint density at radius 3 is 3.00 bits per heavy atom. The molecule has 1 saturated heterocycles. The quantitative estimate of drug-likeness (QED) is 0.831. The third kappa shape index (κ3) is 4.15. The maximum absolute atomic E-state index is 11.3. The van der Waals surface area contributed by atoms with Gasteiger partial charge in [0.15, 0.2) is 0 Å². The molecule has 0 radical (unpaired) electrons. The molecule has 0 saturated carbocycles. The van der Waals surface area contributed by atoms with Gasteiger partial charge in [-0.1, -0.05) is 0 Å². The van der Waals surface area contributed by atoms with Crippen LogP contribution in [0.15, 0.2) is 5.38 Å². The molecule has 0 bridgehead atoms. The molecule has 106 valence electrons. The topological polar surface area (TPSA) is 54.9 Å². The van der Waals surface area contributed by atoms with E-state index in [0.29, 0.717) is 6.54 Å². The monoisotopic (exact) mass is 285 g/mol. The molecule has 7 heteroatoms. The van der Waals surface area contributed by atoms with Crippen LogP contribution in [-0.4, -0.2) is 61.3 Å². The third-order valence-electron chi connectivity index (χ3n) is 2.95. The SMILES string of the molecule is COC(=O)N(C)Cc1csc(CN2CCOCC2)n1. The summed E-state index contributed by atoms with van der Waals surface area (Å²) in [6.07, 6.45) is -0.345. The van der Waals surface area contributed by atoms with E-state index in [1.54, 1.807) is 18.4 Å². The second kappa shape index (κ2) is 6.83. The van der Waals surface area contributed by atoms with Crippen molar-refractivity contribution in [3.8, 4) is 0 Å². The van der Waals surface area contributed by atoms with Gasteiger partial charge in [0.25, 0.3) is 0 Å². The Bertz CT molecular complexity index is 418. The molecule has 0 atom stereocenters. The fraction of sp³-hybridized carbons (Fsp3) is 0.667. The van der Waals surface area contributed by atoms with Crippen molar-refractivity contribution in [2.24, 2.45) is 0 Å². The lowest BCUT2D eigenvalue weighted by Gasteiger charge is -2.25. The Labute approximate surface area is 116 Å². The zero-order valence-electron chi connectivity index (χ0n) is 11.3. The summed E-state index contributed by atoms with van der Waals surface area (Å²) in [6, 6.07) is 0. The van der Waals surface area contributed by atoms with E-state index in [9.17, 15) is 4.79 Å². The Hall–Kier alpha value is -1.18. The van der Waals surface area contributed by atoms with Crippen LogP contribution in [-0.2, 0) is 22.6 Å². The first-order valence-corrected chi connectivity index (χ1v) is 7.09. The number of ether oxygens (including phenoxy) is 2. The Balaban J connectivity index is 1.86.